The number of hydrogen-bond donors (Lipinski definition) is 0. The summed E-state index contributed by atoms with van der Waals surface area (Å²) in [6, 6.07) is 19.8. The number of para-hydroxylation sites is 1. The molecule has 0 radical (unpaired) electrons. The van der Waals surface area contributed by atoms with Gasteiger partial charge in [-0.2, -0.15) is 0 Å². The molecule has 0 N–H and O–H groups in total. The number of esters is 1. The molecule has 0 saturated carbocycles. The van der Waals surface area contributed by atoms with Crippen molar-refractivity contribution in [1.29, 1.82) is 0 Å². The van der Waals surface area contributed by atoms with Crippen LogP contribution in [0, 0.1) is 0 Å². The molecule has 144 valence electrons. The van der Waals surface area contributed by atoms with Crippen molar-refractivity contribution in [3.05, 3.63) is 65.5 Å². The molecule has 1 aromatic heterocycles. The van der Waals surface area contributed by atoms with Crippen LogP contribution >= 0.6 is 11.3 Å². The molecule has 28 heavy (non-hydrogen) atoms. The molecule has 1 amide bonds. The lowest BCUT2D eigenvalue weighted by atomic mass is 10.2. The van der Waals surface area contributed by atoms with Crippen LogP contribution in [0.15, 0.2) is 60.7 Å². The maximum Gasteiger partial charge on any atom is 0.349 e. The molecule has 2 heterocycles. The first-order chi connectivity index (χ1) is 13.6. The van der Waals surface area contributed by atoms with E-state index in [0.29, 0.717) is 18.0 Å². The zero-order chi connectivity index (χ0) is 19.5. The molecule has 0 unspecified atom stereocenters. The van der Waals surface area contributed by atoms with Crippen LogP contribution in [0.2, 0.25) is 0 Å². The highest BCUT2D eigenvalue weighted by Gasteiger charge is 2.28. The number of anilines is 1. The molecule has 1 fully saturated rings. The molecule has 1 atom stereocenters. The Hall–Kier alpha value is -2.86. The van der Waals surface area contributed by atoms with E-state index in [4.69, 9.17) is 4.74 Å². The van der Waals surface area contributed by atoms with Gasteiger partial charge < -0.3 is 14.5 Å². The van der Waals surface area contributed by atoms with Crippen LogP contribution < -0.4 is 4.90 Å². The fourth-order valence-electron chi connectivity index (χ4n) is 3.43. The van der Waals surface area contributed by atoms with Gasteiger partial charge in [0.1, 0.15) is 4.88 Å². The van der Waals surface area contributed by atoms with Gasteiger partial charge in [-0.3, -0.25) is 4.79 Å². The van der Waals surface area contributed by atoms with E-state index in [1.807, 2.05) is 48.5 Å². The summed E-state index contributed by atoms with van der Waals surface area (Å²) in [5.74, 6) is -0.577. The Morgan fingerprint density at radius 1 is 0.964 bits per heavy atom. The van der Waals surface area contributed by atoms with Gasteiger partial charge in [-0.25, -0.2) is 4.79 Å². The number of piperazine rings is 1. The average Bonchev–Trinajstić information content (AvgIpc) is 3.18. The van der Waals surface area contributed by atoms with Gasteiger partial charge in [0.15, 0.2) is 6.10 Å². The summed E-state index contributed by atoms with van der Waals surface area (Å²) in [5, 5.41) is 1.01. The molecule has 3 aromatic rings. The minimum Gasteiger partial charge on any atom is -0.448 e. The molecule has 1 saturated heterocycles. The number of hydrogen-bond acceptors (Lipinski definition) is 5. The van der Waals surface area contributed by atoms with Crippen LogP contribution in [0.25, 0.3) is 10.1 Å². The highest BCUT2D eigenvalue weighted by atomic mass is 32.1. The third kappa shape index (κ3) is 3.87. The second kappa shape index (κ2) is 8.02. The van der Waals surface area contributed by atoms with E-state index in [1.54, 1.807) is 11.8 Å². The van der Waals surface area contributed by atoms with Gasteiger partial charge in [0, 0.05) is 36.6 Å². The fourth-order valence-corrected chi connectivity index (χ4v) is 4.38. The number of rotatable bonds is 4. The molecule has 0 bridgehead atoms. The van der Waals surface area contributed by atoms with Crippen molar-refractivity contribution in [3.8, 4) is 0 Å². The monoisotopic (exact) mass is 394 g/mol. The van der Waals surface area contributed by atoms with E-state index in [0.717, 1.165) is 23.2 Å². The van der Waals surface area contributed by atoms with E-state index >= 15 is 0 Å². The van der Waals surface area contributed by atoms with Crippen LogP contribution in [0.5, 0.6) is 0 Å². The van der Waals surface area contributed by atoms with Gasteiger partial charge in [-0.1, -0.05) is 36.4 Å². The Balaban J connectivity index is 1.34. The summed E-state index contributed by atoms with van der Waals surface area (Å²) in [6.07, 6.45) is -0.791. The zero-order valence-corrected chi connectivity index (χ0v) is 16.5. The van der Waals surface area contributed by atoms with Crippen molar-refractivity contribution in [2.75, 3.05) is 31.1 Å². The van der Waals surface area contributed by atoms with Gasteiger partial charge in [-0.15, -0.1) is 11.3 Å². The first kappa shape index (κ1) is 18.5. The second-order valence-electron chi connectivity index (χ2n) is 6.84. The highest BCUT2D eigenvalue weighted by Crippen LogP contribution is 2.26. The van der Waals surface area contributed by atoms with Crippen molar-refractivity contribution in [2.24, 2.45) is 0 Å². The van der Waals surface area contributed by atoms with E-state index in [-0.39, 0.29) is 5.91 Å². The molecule has 4 rings (SSSR count). The van der Waals surface area contributed by atoms with Gasteiger partial charge in [0.05, 0.1) is 0 Å². The Labute approximate surface area is 168 Å². The van der Waals surface area contributed by atoms with Crippen molar-refractivity contribution in [1.82, 2.24) is 4.90 Å². The van der Waals surface area contributed by atoms with Crippen molar-refractivity contribution >= 4 is 39.0 Å². The van der Waals surface area contributed by atoms with E-state index in [1.165, 1.54) is 17.0 Å². The Morgan fingerprint density at radius 2 is 1.64 bits per heavy atom. The summed E-state index contributed by atoms with van der Waals surface area (Å²) in [6.45, 7) is 4.44. The van der Waals surface area contributed by atoms with E-state index < -0.39 is 12.1 Å². The zero-order valence-electron chi connectivity index (χ0n) is 15.7. The van der Waals surface area contributed by atoms with Crippen LogP contribution in [0.3, 0.4) is 0 Å². The largest absolute Gasteiger partial charge is 0.448 e. The van der Waals surface area contributed by atoms with Crippen LogP contribution in [0.4, 0.5) is 5.69 Å². The Bertz CT molecular complexity index is 945. The third-order valence-corrected chi connectivity index (χ3v) is 6.07. The maximum absolute atomic E-state index is 12.7. The van der Waals surface area contributed by atoms with Crippen LogP contribution in [-0.2, 0) is 9.53 Å². The standard InChI is InChI=1S/C22H22N2O3S/c1-16(27-22(26)20-15-17-7-5-6-10-19(17)28-20)21(25)24-13-11-23(12-14-24)18-8-3-2-4-9-18/h2-10,15-16H,11-14H2,1H3/t16-/m0/s1. The summed E-state index contributed by atoms with van der Waals surface area (Å²) in [7, 11) is 0. The molecule has 1 aliphatic rings. The summed E-state index contributed by atoms with van der Waals surface area (Å²) in [5.41, 5.74) is 1.17. The first-order valence-corrected chi connectivity index (χ1v) is 10.2. The lowest BCUT2D eigenvalue weighted by molar-refractivity contribution is -0.140. The van der Waals surface area contributed by atoms with Crippen molar-refractivity contribution in [3.63, 3.8) is 0 Å². The fraction of sp³-hybridized carbons (Fsp3) is 0.273. The minimum atomic E-state index is -0.791. The number of nitrogens with zero attached hydrogens (tertiary/aromatic N) is 2. The predicted octanol–water partition coefficient (Wildman–Crippen LogP) is 3.80. The predicted molar refractivity (Wildman–Crippen MR) is 112 cm³/mol. The topological polar surface area (TPSA) is 49.9 Å². The quantitative estimate of drug-likeness (QED) is 0.632. The van der Waals surface area contributed by atoms with Gasteiger partial charge in [0.25, 0.3) is 5.91 Å². The number of amides is 1. The number of fused-ring (bicyclic) bond motifs is 1. The molecule has 0 aliphatic carbocycles. The molecular weight excluding hydrogens is 372 g/mol. The Kier molecular flexibility index (Phi) is 5.30. The third-order valence-electron chi connectivity index (χ3n) is 4.97. The molecule has 0 spiro atoms. The number of carbonyl (C=O) groups is 2. The molecule has 5 nitrogen and oxygen atoms in total. The molecular formula is C22H22N2O3S. The number of thiophene rings is 1. The minimum absolute atomic E-state index is 0.137. The maximum atomic E-state index is 12.7. The Morgan fingerprint density at radius 3 is 2.36 bits per heavy atom. The first-order valence-electron chi connectivity index (χ1n) is 9.40. The summed E-state index contributed by atoms with van der Waals surface area (Å²) >= 11 is 1.39. The van der Waals surface area contributed by atoms with Gasteiger partial charge >= 0.3 is 5.97 Å². The summed E-state index contributed by atoms with van der Waals surface area (Å²) in [4.78, 5) is 29.7. The number of ether oxygens (including phenoxy) is 1. The lowest BCUT2D eigenvalue weighted by Crippen LogP contribution is -2.51. The van der Waals surface area contributed by atoms with Crippen LogP contribution in [0.1, 0.15) is 16.6 Å². The average molecular weight is 394 g/mol. The highest BCUT2D eigenvalue weighted by molar-refractivity contribution is 7.20. The molecule has 1 aliphatic heterocycles. The summed E-state index contributed by atoms with van der Waals surface area (Å²) < 4.78 is 6.49. The van der Waals surface area contributed by atoms with Gasteiger partial charge in [0.2, 0.25) is 0 Å². The van der Waals surface area contributed by atoms with Crippen molar-refractivity contribution in [2.45, 2.75) is 13.0 Å². The number of benzene rings is 2. The molecule has 6 heteroatoms. The van der Waals surface area contributed by atoms with Crippen LogP contribution in [-0.4, -0.2) is 49.1 Å². The molecule has 2 aromatic carbocycles. The van der Waals surface area contributed by atoms with Gasteiger partial charge in [-0.05, 0) is 36.6 Å². The van der Waals surface area contributed by atoms with Crippen molar-refractivity contribution < 1.29 is 14.3 Å². The second-order valence-corrected chi connectivity index (χ2v) is 7.93. The number of carbonyl (C=O) groups excluding carboxylic acids is 2. The normalized spacial score (nSPS) is 15.5. The van der Waals surface area contributed by atoms with E-state index in [9.17, 15) is 9.59 Å². The lowest BCUT2D eigenvalue weighted by Gasteiger charge is -2.37. The van der Waals surface area contributed by atoms with E-state index in [2.05, 4.69) is 17.0 Å². The smallest absolute Gasteiger partial charge is 0.349 e. The SMILES string of the molecule is C[C@H](OC(=O)c1cc2ccccc2s1)C(=O)N1CCN(c2ccccc2)CC1.